The Bertz CT molecular complexity index is 838. The second-order valence-corrected chi connectivity index (χ2v) is 6.82. The summed E-state index contributed by atoms with van der Waals surface area (Å²) in [6.45, 7) is 6.25. The molecule has 0 aliphatic heterocycles. The third-order valence-electron chi connectivity index (χ3n) is 4.14. The van der Waals surface area contributed by atoms with Crippen LogP contribution in [0.4, 0.5) is 0 Å². The molecule has 0 heterocycles. The monoisotopic (exact) mass is 408 g/mol. The molecule has 5 heteroatoms. The van der Waals surface area contributed by atoms with Gasteiger partial charge in [0.1, 0.15) is 11.5 Å². The third kappa shape index (κ3) is 9.24. The van der Waals surface area contributed by atoms with Gasteiger partial charge in [-0.2, -0.15) is 0 Å². The van der Waals surface area contributed by atoms with E-state index in [1.54, 1.807) is 25.1 Å². The predicted molar refractivity (Wildman–Crippen MR) is 117 cm³/mol. The summed E-state index contributed by atoms with van der Waals surface area (Å²) in [6.07, 6.45) is 6.87. The molecule has 0 aliphatic carbocycles. The van der Waals surface area contributed by atoms with Crippen LogP contribution in [-0.4, -0.2) is 25.2 Å². The molecule has 0 aliphatic rings. The number of hydrogen-bond donors (Lipinski definition) is 0. The van der Waals surface area contributed by atoms with Gasteiger partial charge in [-0.15, -0.1) is 0 Å². The van der Waals surface area contributed by atoms with E-state index in [1.807, 2.05) is 42.5 Å². The summed E-state index contributed by atoms with van der Waals surface area (Å²) in [4.78, 5) is 23.1. The van der Waals surface area contributed by atoms with Crippen LogP contribution >= 0.6 is 0 Å². The highest BCUT2D eigenvalue weighted by molar-refractivity contribution is 5.88. The molecule has 0 radical (unpaired) electrons. The van der Waals surface area contributed by atoms with Crippen LogP contribution in [0.1, 0.15) is 38.2 Å². The average Bonchev–Trinajstić information content (AvgIpc) is 2.75. The average molecular weight is 408 g/mol. The fourth-order valence-corrected chi connectivity index (χ4v) is 2.51. The molecular formula is C25H28O5. The molecule has 2 aromatic rings. The topological polar surface area (TPSA) is 61.8 Å². The van der Waals surface area contributed by atoms with E-state index in [9.17, 15) is 9.59 Å². The lowest BCUT2D eigenvalue weighted by molar-refractivity contribution is -0.139. The largest absolute Gasteiger partial charge is 0.494 e. The molecule has 0 aromatic heterocycles. The van der Waals surface area contributed by atoms with Crippen molar-refractivity contribution in [2.75, 3.05) is 13.2 Å². The van der Waals surface area contributed by atoms with Gasteiger partial charge in [-0.1, -0.05) is 36.9 Å². The van der Waals surface area contributed by atoms with Crippen LogP contribution in [-0.2, 0) is 14.3 Å². The van der Waals surface area contributed by atoms with Crippen molar-refractivity contribution >= 4 is 18.0 Å². The summed E-state index contributed by atoms with van der Waals surface area (Å²) in [7, 11) is 0. The van der Waals surface area contributed by atoms with Gasteiger partial charge in [0, 0.05) is 11.6 Å². The Balaban J connectivity index is 1.60. The van der Waals surface area contributed by atoms with Crippen molar-refractivity contribution in [3.8, 4) is 11.5 Å². The Kier molecular flexibility index (Phi) is 9.93. The molecular weight excluding hydrogens is 380 g/mol. The van der Waals surface area contributed by atoms with Crippen LogP contribution in [0.15, 0.2) is 72.8 Å². The zero-order valence-corrected chi connectivity index (χ0v) is 17.3. The molecule has 0 N–H and O–H groups in total. The van der Waals surface area contributed by atoms with Crippen molar-refractivity contribution in [2.24, 2.45) is 0 Å². The number of hydrogen-bond acceptors (Lipinski definition) is 5. The first-order valence-corrected chi connectivity index (χ1v) is 10.0. The minimum Gasteiger partial charge on any atom is -0.494 e. The number of carbonyl (C=O) groups is 2. The highest BCUT2D eigenvalue weighted by Gasteiger charge is 2.02. The maximum Gasteiger partial charge on any atom is 0.336 e. The van der Waals surface area contributed by atoms with E-state index in [1.165, 1.54) is 6.08 Å². The fourth-order valence-electron chi connectivity index (χ4n) is 2.51. The molecule has 0 bridgehead atoms. The maximum atomic E-state index is 11.8. The SMILES string of the molecule is C=C(C)C(=O)OCCCCCCOc1ccc(/C=C/C(=O)Oc2ccccc2)cc1. The van der Waals surface area contributed by atoms with Crippen molar-refractivity contribution in [1.82, 2.24) is 0 Å². The van der Waals surface area contributed by atoms with Crippen molar-refractivity contribution in [3.05, 3.63) is 78.4 Å². The van der Waals surface area contributed by atoms with Crippen LogP contribution in [0.5, 0.6) is 11.5 Å². The van der Waals surface area contributed by atoms with E-state index in [-0.39, 0.29) is 5.97 Å². The normalized spacial score (nSPS) is 10.6. The van der Waals surface area contributed by atoms with Gasteiger partial charge in [-0.25, -0.2) is 9.59 Å². The lowest BCUT2D eigenvalue weighted by Crippen LogP contribution is -2.06. The van der Waals surface area contributed by atoms with Crippen molar-refractivity contribution in [3.63, 3.8) is 0 Å². The Morgan fingerprint density at radius 1 is 0.867 bits per heavy atom. The molecule has 5 nitrogen and oxygen atoms in total. The molecule has 0 unspecified atom stereocenters. The Labute approximate surface area is 178 Å². The lowest BCUT2D eigenvalue weighted by atomic mass is 10.2. The fraction of sp³-hybridized carbons (Fsp3) is 0.280. The van der Waals surface area contributed by atoms with Crippen LogP contribution in [0.25, 0.3) is 6.08 Å². The minimum absolute atomic E-state index is 0.329. The van der Waals surface area contributed by atoms with Crippen LogP contribution in [0.3, 0.4) is 0 Å². The first-order valence-electron chi connectivity index (χ1n) is 10.0. The second-order valence-electron chi connectivity index (χ2n) is 6.82. The standard InChI is InChI=1S/C25H28O5/c1-20(2)25(27)29-19-9-4-3-8-18-28-22-15-12-21(13-16-22)14-17-24(26)30-23-10-6-5-7-11-23/h5-7,10-17H,1,3-4,8-9,18-19H2,2H3/b17-14+. The number of esters is 2. The molecule has 30 heavy (non-hydrogen) atoms. The quantitative estimate of drug-likeness (QED) is 0.205. The third-order valence-corrected chi connectivity index (χ3v) is 4.14. The molecule has 0 spiro atoms. The molecule has 0 atom stereocenters. The van der Waals surface area contributed by atoms with Gasteiger partial charge in [0.2, 0.25) is 0 Å². The number of rotatable bonds is 12. The van der Waals surface area contributed by atoms with Gasteiger partial charge in [0.05, 0.1) is 13.2 Å². The Morgan fingerprint density at radius 3 is 2.20 bits per heavy atom. The van der Waals surface area contributed by atoms with Crippen LogP contribution in [0.2, 0.25) is 0 Å². The van der Waals surface area contributed by atoms with Crippen LogP contribution < -0.4 is 9.47 Å². The molecule has 158 valence electrons. The summed E-state index contributed by atoms with van der Waals surface area (Å²) in [5.74, 6) is 0.554. The van der Waals surface area contributed by atoms with Gasteiger partial charge in [-0.05, 0) is 68.5 Å². The Hall–Kier alpha value is -3.34. The summed E-state index contributed by atoms with van der Waals surface area (Å²) in [5.41, 5.74) is 1.31. The highest BCUT2D eigenvalue weighted by atomic mass is 16.5. The predicted octanol–water partition coefficient (Wildman–Crippen LogP) is 5.36. The zero-order chi connectivity index (χ0) is 21.6. The van der Waals surface area contributed by atoms with E-state index < -0.39 is 5.97 Å². The second kappa shape index (κ2) is 13.0. The van der Waals surface area contributed by atoms with Crippen molar-refractivity contribution in [1.29, 1.82) is 0 Å². The van der Waals surface area contributed by atoms with Crippen LogP contribution in [0, 0.1) is 0 Å². The van der Waals surface area contributed by atoms with Crippen molar-refractivity contribution < 1.29 is 23.8 Å². The zero-order valence-electron chi connectivity index (χ0n) is 17.3. The van der Waals surface area contributed by atoms with E-state index in [0.717, 1.165) is 37.0 Å². The molecule has 0 saturated heterocycles. The first kappa shape index (κ1) is 22.9. The number of ether oxygens (including phenoxy) is 3. The van der Waals surface area contributed by atoms with E-state index in [0.29, 0.717) is 24.5 Å². The summed E-state index contributed by atoms with van der Waals surface area (Å²) in [5, 5.41) is 0. The van der Waals surface area contributed by atoms with E-state index in [4.69, 9.17) is 14.2 Å². The first-order chi connectivity index (χ1) is 14.5. The van der Waals surface area contributed by atoms with Gasteiger partial charge in [0.25, 0.3) is 0 Å². The number of benzene rings is 2. The van der Waals surface area contributed by atoms with E-state index >= 15 is 0 Å². The van der Waals surface area contributed by atoms with Crippen molar-refractivity contribution in [2.45, 2.75) is 32.6 Å². The summed E-state index contributed by atoms with van der Waals surface area (Å²) < 4.78 is 16.0. The van der Waals surface area contributed by atoms with Gasteiger partial charge < -0.3 is 14.2 Å². The van der Waals surface area contributed by atoms with Gasteiger partial charge in [0.15, 0.2) is 0 Å². The number of para-hydroxylation sites is 1. The molecule has 2 rings (SSSR count). The minimum atomic E-state index is -0.420. The molecule has 0 saturated carbocycles. The molecule has 2 aromatic carbocycles. The summed E-state index contributed by atoms with van der Waals surface area (Å²) in [6, 6.07) is 16.5. The number of unbranched alkanes of at least 4 members (excludes halogenated alkanes) is 3. The number of carbonyl (C=O) groups excluding carboxylic acids is 2. The molecule has 0 amide bonds. The molecule has 0 fully saturated rings. The lowest BCUT2D eigenvalue weighted by Gasteiger charge is -2.07. The smallest absolute Gasteiger partial charge is 0.336 e. The van der Waals surface area contributed by atoms with Gasteiger partial charge >= 0.3 is 11.9 Å². The maximum absolute atomic E-state index is 11.8. The summed E-state index contributed by atoms with van der Waals surface area (Å²) >= 11 is 0. The Morgan fingerprint density at radius 2 is 1.53 bits per heavy atom. The van der Waals surface area contributed by atoms with E-state index in [2.05, 4.69) is 6.58 Å². The highest BCUT2D eigenvalue weighted by Crippen LogP contribution is 2.15. The van der Waals surface area contributed by atoms with Gasteiger partial charge in [-0.3, -0.25) is 0 Å².